The molecule has 1 aromatic rings. The lowest BCUT2D eigenvalue weighted by Crippen LogP contribution is -2.12. The topological polar surface area (TPSA) is 60.2 Å². The van der Waals surface area contributed by atoms with Gasteiger partial charge in [-0.2, -0.15) is 0 Å². The number of nitrogens with one attached hydrogen (secondary N) is 1. The second kappa shape index (κ2) is 6.85. The van der Waals surface area contributed by atoms with Crippen molar-refractivity contribution in [1.82, 2.24) is 4.98 Å². The van der Waals surface area contributed by atoms with Crippen LogP contribution in [0.4, 0.5) is 11.5 Å². The zero-order valence-electron chi connectivity index (χ0n) is 9.70. The Kier molecular flexibility index (Phi) is 5.36. The maximum absolute atomic E-state index is 5.80. The van der Waals surface area contributed by atoms with Gasteiger partial charge in [-0.05, 0) is 25.0 Å². The Morgan fingerprint density at radius 1 is 1.56 bits per heavy atom. The molecule has 88 valence electrons. The van der Waals surface area contributed by atoms with Crippen LogP contribution in [-0.4, -0.2) is 24.7 Å². The third-order valence-corrected chi connectivity index (χ3v) is 2.06. The molecule has 0 aromatic carbocycles. The number of hydrogen-bond acceptors (Lipinski definition) is 4. The van der Waals surface area contributed by atoms with Gasteiger partial charge in [0, 0.05) is 12.7 Å². The van der Waals surface area contributed by atoms with Gasteiger partial charge in [0.1, 0.15) is 5.82 Å². The summed E-state index contributed by atoms with van der Waals surface area (Å²) in [5, 5.41) is 3.13. The van der Waals surface area contributed by atoms with E-state index in [9.17, 15) is 0 Å². The van der Waals surface area contributed by atoms with Gasteiger partial charge in [-0.3, -0.25) is 0 Å². The minimum absolute atomic E-state index is 0.642. The molecule has 0 aliphatic carbocycles. The molecule has 0 spiro atoms. The summed E-state index contributed by atoms with van der Waals surface area (Å²) in [7, 11) is 0. The van der Waals surface area contributed by atoms with E-state index in [1.54, 1.807) is 6.20 Å². The van der Waals surface area contributed by atoms with Crippen LogP contribution in [0.15, 0.2) is 24.9 Å². The second-order valence-electron chi connectivity index (χ2n) is 3.57. The van der Waals surface area contributed by atoms with E-state index in [2.05, 4.69) is 16.9 Å². The molecule has 0 aliphatic rings. The normalized spacial score (nSPS) is 10.1. The quantitative estimate of drug-likeness (QED) is 0.546. The van der Waals surface area contributed by atoms with Gasteiger partial charge in [0.15, 0.2) is 0 Å². The first-order valence-corrected chi connectivity index (χ1v) is 5.38. The summed E-state index contributed by atoms with van der Waals surface area (Å²) >= 11 is 0. The zero-order valence-corrected chi connectivity index (χ0v) is 9.70. The summed E-state index contributed by atoms with van der Waals surface area (Å²) in [4.78, 5) is 4.20. The van der Waals surface area contributed by atoms with Crippen molar-refractivity contribution in [2.45, 2.75) is 13.3 Å². The van der Waals surface area contributed by atoms with Gasteiger partial charge in [0.2, 0.25) is 0 Å². The fraction of sp³-hybridized carbons (Fsp3) is 0.417. The van der Waals surface area contributed by atoms with Crippen LogP contribution in [0.5, 0.6) is 0 Å². The lowest BCUT2D eigenvalue weighted by molar-refractivity contribution is 0.149. The highest BCUT2D eigenvalue weighted by molar-refractivity contribution is 5.61. The molecular weight excluding hydrogens is 202 g/mol. The van der Waals surface area contributed by atoms with Crippen LogP contribution >= 0.6 is 0 Å². The zero-order chi connectivity index (χ0) is 11.8. The second-order valence-corrected chi connectivity index (χ2v) is 3.57. The molecule has 16 heavy (non-hydrogen) atoms. The molecule has 0 unspecified atom stereocenters. The Balaban J connectivity index is 2.24. The van der Waals surface area contributed by atoms with Gasteiger partial charge in [-0.1, -0.05) is 6.08 Å². The highest BCUT2D eigenvalue weighted by Crippen LogP contribution is 2.14. The van der Waals surface area contributed by atoms with E-state index in [0.717, 1.165) is 17.8 Å². The Morgan fingerprint density at radius 3 is 3.06 bits per heavy atom. The number of ether oxygens (including phenoxy) is 1. The predicted octanol–water partition coefficient (Wildman–Crippen LogP) is 1.98. The van der Waals surface area contributed by atoms with E-state index in [4.69, 9.17) is 10.5 Å². The Hall–Kier alpha value is -1.55. The molecule has 0 fully saturated rings. The van der Waals surface area contributed by atoms with Crippen LogP contribution in [0.3, 0.4) is 0 Å². The van der Waals surface area contributed by atoms with Crippen molar-refractivity contribution >= 4 is 11.5 Å². The maximum Gasteiger partial charge on any atom is 0.149 e. The van der Waals surface area contributed by atoms with E-state index in [1.165, 1.54) is 0 Å². The maximum atomic E-state index is 5.80. The standard InChI is InChI=1S/C12H19N3O/c1-3-4-6-16-7-5-14-12-11(13)8-10(2)9-15-12/h3,8-9H,1,4-7,13H2,2H3,(H,14,15). The van der Waals surface area contributed by atoms with E-state index >= 15 is 0 Å². The van der Waals surface area contributed by atoms with Crippen molar-refractivity contribution in [3.05, 3.63) is 30.5 Å². The monoisotopic (exact) mass is 221 g/mol. The van der Waals surface area contributed by atoms with Crippen molar-refractivity contribution < 1.29 is 4.74 Å². The van der Waals surface area contributed by atoms with Gasteiger partial charge in [0.25, 0.3) is 0 Å². The van der Waals surface area contributed by atoms with Gasteiger partial charge in [0.05, 0.1) is 18.9 Å². The molecule has 1 aromatic heterocycles. The van der Waals surface area contributed by atoms with Crippen LogP contribution in [0.2, 0.25) is 0 Å². The molecule has 1 heterocycles. The minimum Gasteiger partial charge on any atom is -0.396 e. The third kappa shape index (κ3) is 4.31. The van der Waals surface area contributed by atoms with E-state index < -0.39 is 0 Å². The highest BCUT2D eigenvalue weighted by atomic mass is 16.5. The van der Waals surface area contributed by atoms with Crippen LogP contribution in [0.25, 0.3) is 0 Å². The Bertz CT molecular complexity index is 339. The van der Waals surface area contributed by atoms with Crippen molar-refractivity contribution in [1.29, 1.82) is 0 Å². The molecular formula is C12H19N3O. The number of nitrogens with zero attached hydrogens (tertiary/aromatic N) is 1. The average molecular weight is 221 g/mol. The number of nitrogen functional groups attached to an aromatic ring is 1. The summed E-state index contributed by atoms with van der Waals surface area (Å²) in [5.74, 6) is 0.720. The van der Waals surface area contributed by atoms with Gasteiger partial charge < -0.3 is 15.8 Å². The van der Waals surface area contributed by atoms with Crippen molar-refractivity contribution in [2.75, 3.05) is 30.8 Å². The van der Waals surface area contributed by atoms with Crippen molar-refractivity contribution in [3.8, 4) is 0 Å². The molecule has 0 atom stereocenters. The van der Waals surface area contributed by atoms with Crippen LogP contribution in [0, 0.1) is 6.92 Å². The molecule has 0 amide bonds. The minimum atomic E-state index is 0.642. The van der Waals surface area contributed by atoms with Crippen LogP contribution in [-0.2, 0) is 4.74 Å². The fourth-order valence-electron chi connectivity index (χ4n) is 1.25. The van der Waals surface area contributed by atoms with E-state index in [0.29, 0.717) is 25.4 Å². The first-order chi connectivity index (χ1) is 7.74. The summed E-state index contributed by atoms with van der Waals surface area (Å²) < 4.78 is 5.36. The summed E-state index contributed by atoms with van der Waals surface area (Å²) in [5.41, 5.74) is 7.54. The number of hydrogen-bond donors (Lipinski definition) is 2. The number of aryl methyl sites for hydroxylation is 1. The molecule has 3 N–H and O–H groups in total. The average Bonchev–Trinajstić information content (AvgIpc) is 2.26. The molecule has 0 bridgehead atoms. The highest BCUT2D eigenvalue weighted by Gasteiger charge is 1.99. The first-order valence-electron chi connectivity index (χ1n) is 5.38. The number of nitrogens with two attached hydrogens (primary N) is 1. The summed E-state index contributed by atoms with van der Waals surface area (Å²) in [6.45, 7) is 7.65. The van der Waals surface area contributed by atoms with E-state index in [-0.39, 0.29) is 0 Å². The lowest BCUT2D eigenvalue weighted by atomic mass is 10.3. The van der Waals surface area contributed by atoms with E-state index in [1.807, 2.05) is 19.1 Å². The first kappa shape index (κ1) is 12.5. The van der Waals surface area contributed by atoms with Crippen molar-refractivity contribution in [3.63, 3.8) is 0 Å². The third-order valence-electron chi connectivity index (χ3n) is 2.06. The summed E-state index contributed by atoms with van der Waals surface area (Å²) in [6.07, 6.45) is 4.51. The smallest absolute Gasteiger partial charge is 0.149 e. The fourth-order valence-corrected chi connectivity index (χ4v) is 1.25. The Labute approximate surface area is 96.5 Å². The molecule has 1 rings (SSSR count). The van der Waals surface area contributed by atoms with Crippen LogP contribution < -0.4 is 11.1 Å². The number of aromatic nitrogens is 1. The number of rotatable bonds is 7. The lowest BCUT2D eigenvalue weighted by Gasteiger charge is -2.08. The number of anilines is 2. The molecule has 0 radical (unpaired) electrons. The SMILES string of the molecule is C=CCCOCCNc1ncc(C)cc1N. The molecule has 4 nitrogen and oxygen atoms in total. The molecule has 0 saturated heterocycles. The molecule has 0 aliphatic heterocycles. The largest absolute Gasteiger partial charge is 0.396 e. The number of pyridine rings is 1. The van der Waals surface area contributed by atoms with Crippen molar-refractivity contribution in [2.24, 2.45) is 0 Å². The van der Waals surface area contributed by atoms with Gasteiger partial charge >= 0.3 is 0 Å². The summed E-state index contributed by atoms with van der Waals surface area (Å²) in [6, 6.07) is 1.90. The van der Waals surface area contributed by atoms with Crippen LogP contribution in [0.1, 0.15) is 12.0 Å². The predicted molar refractivity (Wildman–Crippen MR) is 67.5 cm³/mol. The van der Waals surface area contributed by atoms with Gasteiger partial charge in [-0.15, -0.1) is 6.58 Å². The Morgan fingerprint density at radius 2 is 2.38 bits per heavy atom. The van der Waals surface area contributed by atoms with Gasteiger partial charge in [-0.25, -0.2) is 4.98 Å². The molecule has 4 heteroatoms. The molecule has 0 saturated carbocycles.